The second kappa shape index (κ2) is 8.83. The zero-order valence-electron chi connectivity index (χ0n) is 15.5. The minimum Gasteiger partial charge on any atom is -0.228 e. The van der Waals surface area contributed by atoms with E-state index >= 15 is 0 Å². The summed E-state index contributed by atoms with van der Waals surface area (Å²) in [5.41, 5.74) is 4.45. The van der Waals surface area contributed by atoms with E-state index in [2.05, 4.69) is 28.2 Å². The number of thioether (sulfide) groups is 1. The number of hydrogen-bond acceptors (Lipinski definition) is 4. The van der Waals surface area contributed by atoms with Gasteiger partial charge in [-0.25, -0.2) is 9.97 Å². The summed E-state index contributed by atoms with van der Waals surface area (Å²) in [6.45, 7) is 0. The van der Waals surface area contributed by atoms with E-state index in [0.717, 1.165) is 32.6 Å². The average Bonchev–Trinajstić information content (AvgIpc) is 2.77. The Morgan fingerprint density at radius 1 is 0.867 bits per heavy atom. The highest BCUT2D eigenvalue weighted by atomic mass is 35.6. The first-order valence-corrected chi connectivity index (χ1v) is 11.1. The molecule has 0 fully saturated rings. The van der Waals surface area contributed by atoms with Crippen LogP contribution in [0, 0.1) is 11.3 Å². The monoisotopic (exact) mass is 469 g/mol. The Kier molecular flexibility index (Phi) is 6.17. The Labute approximate surface area is 193 Å². The first-order valence-electron chi connectivity index (χ1n) is 9.01. The number of fused-ring (bicyclic) bond motifs is 1. The van der Waals surface area contributed by atoms with Gasteiger partial charge in [-0.3, -0.25) is 0 Å². The van der Waals surface area contributed by atoms with Crippen LogP contribution in [-0.4, -0.2) is 9.97 Å². The molecule has 3 aromatic carbocycles. The molecule has 0 radical (unpaired) electrons. The third-order valence-corrected chi connectivity index (χ3v) is 6.08. The molecule has 0 unspecified atom stereocenters. The van der Waals surface area contributed by atoms with E-state index in [1.54, 1.807) is 11.8 Å². The van der Waals surface area contributed by atoms with Crippen molar-refractivity contribution in [2.75, 3.05) is 0 Å². The summed E-state index contributed by atoms with van der Waals surface area (Å²) in [7, 11) is 0. The summed E-state index contributed by atoms with van der Waals surface area (Å²) in [6.07, 6.45) is 0. The summed E-state index contributed by atoms with van der Waals surface area (Å²) in [6, 6.07) is 25.6. The van der Waals surface area contributed by atoms with Gasteiger partial charge in [0.15, 0.2) is 5.82 Å². The molecule has 0 spiro atoms. The van der Waals surface area contributed by atoms with Gasteiger partial charge in [0.2, 0.25) is 3.79 Å². The van der Waals surface area contributed by atoms with Gasteiger partial charge in [0, 0.05) is 11.1 Å². The van der Waals surface area contributed by atoms with Crippen LogP contribution in [0.1, 0.15) is 17.0 Å². The second-order valence-electron chi connectivity index (χ2n) is 6.51. The predicted octanol–water partition coefficient (Wildman–Crippen LogP) is 7.29. The van der Waals surface area contributed by atoms with E-state index in [1.807, 2.05) is 60.7 Å². The fraction of sp³-hybridized carbons (Fsp3) is 0.0870. The highest BCUT2D eigenvalue weighted by Gasteiger charge is 2.28. The number of alkyl halides is 3. The minimum atomic E-state index is -1.69. The Hall–Kier alpha value is -2.29. The maximum absolute atomic E-state index is 9.32. The van der Waals surface area contributed by atoms with E-state index in [-0.39, 0.29) is 5.82 Å². The standard InChI is InChI=1S/C23H14Cl3N3S/c24-23(25,26)22-28-20-8-4-3-7-19(20)21(29-22)30-14-15-9-11-16(12-10-15)18-6-2-1-5-17(18)13-27/h1-12H,14H2. The number of benzene rings is 3. The number of nitrogens with zero attached hydrogens (tertiary/aromatic N) is 3. The molecule has 30 heavy (non-hydrogen) atoms. The van der Waals surface area contributed by atoms with Crippen molar-refractivity contribution in [2.45, 2.75) is 14.6 Å². The third-order valence-electron chi connectivity index (χ3n) is 4.51. The Balaban J connectivity index is 1.59. The molecular weight excluding hydrogens is 457 g/mol. The number of aromatic nitrogens is 2. The van der Waals surface area contributed by atoms with Crippen LogP contribution in [0.5, 0.6) is 0 Å². The Bertz CT molecular complexity index is 1250. The molecule has 0 aliphatic heterocycles. The van der Waals surface area contributed by atoms with Crippen molar-refractivity contribution >= 4 is 57.5 Å². The summed E-state index contributed by atoms with van der Waals surface area (Å²) >= 11 is 19.6. The largest absolute Gasteiger partial charge is 0.250 e. The molecule has 0 saturated carbocycles. The molecule has 148 valence electrons. The fourth-order valence-corrected chi connectivity index (χ4v) is 4.28. The molecule has 7 heteroatoms. The lowest BCUT2D eigenvalue weighted by atomic mass is 10.00. The summed E-state index contributed by atoms with van der Waals surface area (Å²) in [5.74, 6) is 0.859. The molecule has 1 heterocycles. The Morgan fingerprint density at radius 2 is 1.57 bits per heavy atom. The van der Waals surface area contributed by atoms with Gasteiger partial charge in [0.25, 0.3) is 0 Å². The molecule has 0 amide bonds. The van der Waals surface area contributed by atoms with Gasteiger partial charge in [-0.15, -0.1) is 11.8 Å². The van der Waals surface area contributed by atoms with Crippen LogP contribution in [0.25, 0.3) is 22.0 Å². The van der Waals surface area contributed by atoms with Crippen LogP contribution in [0.3, 0.4) is 0 Å². The highest BCUT2D eigenvalue weighted by molar-refractivity contribution is 7.98. The van der Waals surface area contributed by atoms with Gasteiger partial charge in [-0.1, -0.05) is 95.5 Å². The molecule has 4 aromatic rings. The first-order chi connectivity index (χ1) is 14.5. The topological polar surface area (TPSA) is 49.6 Å². The first kappa shape index (κ1) is 21.0. The van der Waals surface area contributed by atoms with Crippen LogP contribution in [0.2, 0.25) is 0 Å². The number of nitriles is 1. The SMILES string of the molecule is N#Cc1ccccc1-c1ccc(CSc2nc(C(Cl)(Cl)Cl)nc3ccccc23)cc1. The second-order valence-corrected chi connectivity index (χ2v) is 9.76. The smallest absolute Gasteiger partial charge is 0.228 e. The van der Waals surface area contributed by atoms with Gasteiger partial charge in [-0.2, -0.15) is 5.26 Å². The fourth-order valence-electron chi connectivity index (χ4n) is 3.05. The number of rotatable bonds is 4. The predicted molar refractivity (Wildman–Crippen MR) is 125 cm³/mol. The van der Waals surface area contributed by atoms with E-state index in [4.69, 9.17) is 34.8 Å². The van der Waals surface area contributed by atoms with Crippen LogP contribution >= 0.6 is 46.6 Å². The molecule has 0 aliphatic rings. The van der Waals surface area contributed by atoms with Crippen molar-refractivity contribution in [2.24, 2.45) is 0 Å². The highest BCUT2D eigenvalue weighted by Crippen LogP contribution is 2.38. The van der Waals surface area contributed by atoms with Crippen LogP contribution in [0.15, 0.2) is 77.8 Å². The van der Waals surface area contributed by atoms with Crippen LogP contribution < -0.4 is 0 Å². The van der Waals surface area contributed by atoms with E-state index < -0.39 is 3.79 Å². The van der Waals surface area contributed by atoms with Gasteiger partial charge < -0.3 is 0 Å². The van der Waals surface area contributed by atoms with Crippen molar-refractivity contribution in [1.29, 1.82) is 5.26 Å². The normalized spacial score (nSPS) is 11.4. The summed E-state index contributed by atoms with van der Waals surface area (Å²) < 4.78 is -1.69. The summed E-state index contributed by atoms with van der Waals surface area (Å²) in [5, 5.41) is 11.0. The van der Waals surface area contributed by atoms with Crippen molar-refractivity contribution < 1.29 is 0 Å². The molecule has 3 nitrogen and oxygen atoms in total. The van der Waals surface area contributed by atoms with E-state index in [9.17, 15) is 5.26 Å². The maximum Gasteiger partial charge on any atom is 0.250 e. The lowest BCUT2D eigenvalue weighted by Crippen LogP contribution is -2.08. The van der Waals surface area contributed by atoms with Crippen LogP contribution in [0.4, 0.5) is 0 Å². The number of hydrogen-bond donors (Lipinski definition) is 0. The minimum absolute atomic E-state index is 0.164. The van der Waals surface area contributed by atoms with E-state index in [0.29, 0.717) is 11.3 Å². The Morgan fingerprint density at radius 3 is 2.30 bits per heavy atom. The molecule has 4 rings (SSSR count). The zero-order chi connectivity index (χ0) is 21.1. The summed E-state index contributed by atoms with van der Waals surface area (Å²) in [4.78, 5) is 8.87. The maximum atomic E-state index is 9.32. The van der Waals surface area contributed by atoms with Crippen molar-refractivity contribution in [3.63, 3.8) is 0 Å². The third kappa shape index (κ3) is 4.55. The van der Waals surface area contributed by atoms with E-state index in [1.165, 1.54) is 0 Å². The molecule has 0 N–H and O–H groups in total. The molecule has 0 atom stereocenters. The van der Waals surface area contributed by atoms with Crippen molar-refractivity contribution in [3.8, 4) is 17.2 Å². The van der Waals surface area contributed by atoms with Crippen LogP contribution in [-0.2, 0) is 9.55 Å². The number of para-hydroxylation sites is 1. The lowest BCUT2D eigenvalue weighted by molar-refractivity contribution is 0.940. The van der Waals surface area contributed by atoms with Gasteiger partial charge in [0.05, 0.1) is 17.1 Å². The molecule has 0 aliphatic carbocycles. The van der Waals surface area contributed by atoms with Crippen molar-refractivity contribution in [3.05, 3.63) is 89.7 Å². The van der Waals surface area contributed by atoms with Crippen molar-refractivity contribution in [1.82, 2.24) is 9.97 Å². The molecule has 0 saturated heterocycles. The number of halogens is 3. The lowest BCUT2D eigenvalue weighted by Gasteiger charge is -2.13. The quantitative estimate of drug-likeness (QED) is 0.178. The van der Waals surface area contributed by atoms with Gasteiger partial charge >= 0.3 is 0 Å². The molecular formula is C23H14Cl3N3S. The molecule has 0 bridgehead atoms. The zero-order valence-corrected chi connectivity index (χ0v) is 18.6. The average molecular weight is 471 g/mol. The van der Waals surface area contributed by atoms with Gasteiger partial charge in [0.1, 0.15) is 5.03 Å². The molecule has 1 aromatic heterocycles. The van der Waals surface area contributed by atoms with Gasteiger partial charge in [-0.05, 0) is 28.8 Å².